The molecule has 1 unspecified atom stereocenters. The molecule has 0 fully saturated rings. The van der Waals surface area contributed by atoms with Crippen molar-refractivity contribution in [3.8, 4) is 16.2 Å². The zero-order valence-electron chi connectivity index (χ0n) is 18.3. The molecular weight excluding hydrogens is 422 g/mol. The topological polar surface area (TPSA) is 77.1 Å². The maximum absolute atomic E-state index is 11.9. The lowest BCUT2D eigenvalue weighted by atomic mass is 9.95. The second-order valence-corrected chi connectivity index (χ2v) is 8.72. The summed E-state index contributed by atoms with van der Waals surface area (Å²) < 4.78 is 10.9. The van der Waals surface area contributed by atoms with E-state index >= 15 is 0 Å². The zero-order valence-corrected chi connectivity index (χ0v) is 19.1. The Labute approximate surface area is 191 Å². The van der Waals surface area contributed by atoms with Crippen LogP contribution in [0.15, 0.2) is 60.8 Å². The van der Waals surface area contributed by atoms with Gasteiger partial charge >= 0.3 is 5.97 Å². The van der Waals surface area contributed by atoms with Crippen LogP contribution < -0.4 is 4.74 Å². The molecule has 0 aliphatic heterocycles. The van der Waals surface area contributed by atoms with E-state index in [1.165, 1.54) is 40.7 Å². The Morgan fingerprint density at radius 1 is 1.09 bits per heavy atom. The van der Waals surface area contributed by atoms with Crippen LogP contribution in [0.3, 0.4) is 0 Å². The largest absolute Gasteiger partial charge is 0.479 e. The summed E-state index contributed by atoms with van der Waals surface area (Å²) >= 11 is 1.50. The average molecular weight is 448 g/mol. The van der Waals surface area contributed by atoms with E-state index < -0.39 is 0 Å². The Balaban J connectivity index is 1.49. The molecule has 0 saturated heterocycles. The second kappa shape index (κ2) is 9.78. The summed E-state index contributed by atoms with van der Waals surface area (Å²) in [4.78, 5) is 12.9. The molecule has 2 aromatic carbocycles. The molecule has 6 nitrogen and oxygen atoms in total. The van der Waals surface area contributed by atoms with Crippen molar-refractivity contribution in [3.63, 3.8) is 0 Å². The average Bonchev–Trinajstić information content (AvgIpc) is 3.49. The highest BCUT2D eigenvalue weighted by Crippen LogP contribution is 2.36. The number of carbonyl (C=O) groups is 1. The van der Waals surface area contributed by atoms with E-state index in [0.717, 1.165) is 15.5 Å². The third kappa shape index (κ3) is 4.89. The van der Waals surface area contributed by atoms with E-state index in [0.29, 0.717) is 12.3 Å². The van der Waals surface area contributed by atoms with Crippen molar-refractivity contribution in [2.75, 3.05) is 7.11 Å². The molecule has 2 heterocycles. The SMILES string of the molecule is COC(=O)CC(c1c[nH]nn1)c1ccc(OCc2cccc(-c3c(C)cccc3C)c2)s1. The van der Waals surface area contributed by atoms with Crippen molar-refractivity contribution in [1.82, 2.24) is 15.4 Å². The molecule has 0 spiro atoms. The van der Waals surface area contributed by atoms with Gasteiger partial charge in [0.15, 0.2) is 5.06 Å². The maximum atomic E-state index is 11.9. The van der Waals surface area contributed by atoms with Crippen molar-refractivity contribution in [2.24, 2.45) is 0 Å². The van der Waals surface area contributed by atoms with E-state index in [9.17, 15) is 4.79 Å². The second-order valence-electron chi connectivity index (χ2n) is 7.64. The fourth-order valence-corrected chi connectivity index (χ4v) is 4.79. The number of nitrogens with one attached hydrogen (secondary N) is 1. The monoisotopic (exact) mass is 447 g/mol. The van der Waals surface area contributed by atoms with Gasteiger partial charge in [-0.05, 0) is 59.9 Å². The number of esters is 1. The molecule has 4 aromatic rings. The van der Waals surface area contributed by atoms with Gasteiger partial charge in [-0.3, -0.25) is 9.89 Å². The van der Waals surface area contributed by atoms with Crippen molar-refractivity contribution >= 4 is 17.3 Å². The van der Waals surface area contributed by atoms with Gasteiger partial charge in [-0.25, -0.2) is 0 Å². The lowest BCUT2D eigenvalue weighted by molar-refractivity contribution is -0.140. The first-order valence-electron chi connectivity index (χ1n) is 10.4. The van der Waals surface area contributed by atoms with Crippen LogP contribution in [0.5, 0.6) is 5.06 Å². The Kier molecular flexibility index (Phi) is 6.66. The summed E-state index contributed by atoms with van der Waals surface area (Å²) in [7, 11) is 1.39. The van der Waals surface area contributed by atoms with Crippen LogP contribution in [-0.4, -0.2) is 28.5 Å². The summed E-state index contributed by atoms with van der Waals surface area (Å²) in [6.45, 7) is 4.74. The summed E-state index contributed by atoms with van der Waals surface area (Å²) in [5.74, 6) is -0.520. The number of methoxy groups -OCH3 is 1. The van der Waals surface area contributed by atoms with Crippen LogP contribution in [0, 0.1) is 13.8 Å². The Bertz CT molecular complexity index is 1180. The summed E-state index contributed by atoms with van der Waals surface area (Å²) in [6, 6.07) is 18.7. The van der Waals surface area contributed by atoms with Crippen LogP contribution in [0.25, 0.3) is 11.1 Å². The first-order valence-corrected chi connectivity index (χ1v) is 11.2. The van der Waals surface area contributed by atoms with Gasteiger partial charge in [0, 0.05) is 17.0 Å². The van der Waals surface area contributed by atoms with Crippen LogP contribution in [-0.2, 0) is 16.1 Å². The molecule has 0 amide bonds. The molecule has 1 N–H and O–H groups in total. The van der Waals surface area contributed by atoms with Gasteiger partial charge in [0.2, 0.25) is 0 Å². The first-order chi connectivity index (χ1) is 15.5. The number of benzene rings is 2. The van der Waals surface area contributed by atoms with Crippen LogP contribution in [0.4, 0.5) is 0 Å². The first kappa shape index (κ1) is 21.8. The molecule has 4 rings (SSSR count). The van der Waals surface area contributed by atoms with E-state index in [4.69, 9.17) is 9.47 Å². The Morgan fingerprint density at radius 3 is 2.59 bits per heavy atom. The van der Waals surface area contributed by atoms with Gasteiger partial charge < -0.3 is 9.47 Å². The molecule has 7 heteroatoms. The standard InChI is InChI=1S/C25H25N3O3S/c1-16-6-4-7-17(2)25(16)19-9-5-8-18(12-19)15-31-24-11-10-22(32-24)20(13-23(29)30-3)21-14-26-28-27-21/h4-12,14,20H,13,15H2,1-3H3,(H,26,27,28). The van der Waals surface area contributed by atoms with E-state index in [1.807, 2.05) is 12.1 Å². The van der Waals surface area contributed by atoms with Gasteiger partial charge in [-0.15, -0.1) is 16.4 Å². The number of aryl methyl sites for hydroxylation is 2. The third-order valence-electron chi connectivity index (χ3n) is 5.41. The quantitative estimate of drug-likeness (QED) is 0.365. The number of rotatable bonds is 8. The van der Waals surface area contributed by atoms with Crippen molar-refractivity contribution in [2.45, 2.75) is 32.8 Å². The van der Waals surface area contributed by atoms with E-state index in [-0.39, 0.29) is 18.3 Å². The molecule has 0 bridgehead atoms. The normalized spacial score (nSPS) is 11.8. The predicted octanol–water partition coefficient (Wildman–Crippen LogP) is 5.42. The van der Waals surface area contributed by atoms with Gasteiger partial charge in [-0.1, -0.05) is 41.6 Å². The van der Waals surface area contributed by atoms with E-state index in [2.05, 4.69) is 71.7 Å². The van der Waals surface area contributed by atoms with E-state index in [1.54, 1.807) is 6.20 Å². The minimum atomic E-state index is -0.294. The summed E-state index contributed by atoms with van der Waals surface area (Å²) in [6.07, 6.45) is 1.90. The minimum Gasteiger partial charge on any atom is -0.479 e. The summed E-state index contributed by atoms with van der Waals surface area (Å²) in [5, 5.41) is 11.4. The molecule has 0 saturated carbocycles. The van der Waals surface area contributed by atoms with Crippen LogP contribution >= 0.6 is 11.3 Å². The van der Waals surface area contributed by atoms with Crippen molar-refractivity contribution in [1.29, 1.82) is 0 Å². The van der Waals surface area contributed by atoms with Gasteiger partial charge in [0.25, 0.3) is 0 Å². The fourth-order valence-electron chi connectivity index (χ4n) is 3.82. The fraction of sp³-hybridized carbons (Fsp3) is 0.240. The number of carbonyl (C=O) groups excluding carboxylic acids is 1. The zero-order chi connectivity index (χ0) is 22.5. The number of hydrogen-bond acceptors (Lipinski definition) is 6. The molecule has 0 aliphatic carbocycles. The minimum absolute atomic E-state index is 0.195. The predicted molar refractivity (Wildman–Crippen MR) is 125 cm³/mol. The smallest absolute Gasteiger partial charge is 0.306 e. The molecule has 2 aromatic heterocycles. The van der Waals surface area contributed by atoms with Crippen LogP contribution in [0.1, 0.15) is 39.6 Å². The Hall–Kier alpha value is -3.45. The highest BCUT2D eigenvalue weighted by atomic mass is 32.1. The maximum Gasteiger partial charge on any atom is 0.306 e. The number of hydrogen-bond donors (Lipinski definition) is 1. The molecule has 32 heavy (non-hydrogen) atoms. The number of H-pyrrole nitrogens is 1. The van der Waals surface area contributed by atoms with Crippen LogP contribution in [0.2, 0.25) is 0 Å². The molecule has 1 atom stereocenters. The van der Waals surface area contributed by atoms with Gasteiger partial charge in [-0.2, -0.15) is 0 Å². The lowest BCUT2D eigenvalue weighted by Gasteiger charge is -2.12. The van der Waals surface area contributed by atoms with Gasteiger partial charge in [0.1, 0.15) is 6.61 Å². The van der Waals surface area contributed by atoms with Crippen molar-refractivity contribution in [3.05, 3.63) is 88.1 Å². The number of thiophene rings is 1. The Morgan fingerprint density at radius 2 is 1.88 bits per heavy atom. The summed E-state index contributed by atoms with van der Waals surface area (Å²) in [5.41, 5.74) is 6.78. The lowest BCUT2D eigenvalue weighted by Crippen LogP contribution is -2.09. The molecule has 0 aliphatic rings. The number of nitrogens with zero attached hydrogens (tertiary/aromatic N) is 2. The molecule has 164 valence electrons. The highest BCUT2D eigenvalue weighted by Gasteiger charge is 2.23. The molecular formula is C25H25N3O3S. The third-order valence-corrected chi connectivity index (χ3v) is 6.53. The highest BCUT2D eigenvalue weighted by molar-refractivity contribution is 7.13. The number of aromatic amines is 1. The number of aromatic nitrogens is 3. The van der Waals surface area contributed by atoms with Crippen molar-refractivity contribution < 1.29 is 14.3 Å². The molecule has 0 radical (unpaired) electrons. The number of ether oxygens (including phenoxy) is 2. The van der Waals surface area contributed by atoms with Gasteiger partial charge in [0.05, 0.1) is 19.2 Å².